The summed E-state index contributed by atoms with van der Waals surface area (Å²) in [6.45, 7) is 8.11. The lowest BCUT2D eigenvalue weighted by Gasteiger charge is -2.34. The maximum Gasteiger partial charge on any atom is 0.230 e. The number of nitrogens with one attached hydrogen (secondary N) is 1. The van der Waals surface area contributed by atoms with E-state index in [9.17, 15) is 9.00 Å². The van der Waals surface area contributed by atoms with Crippen LogP contribution < -0.4 is 9.62 Å². The van der Waals surface area contributed by atoms with Gasteiger partial charge in [-0.3, -0.25) is 9.52 Å². The number of carbonyl (C=O) groups excluding carboxylic acids is 1. The summed E-state index contributed by atoms with van der Waals surface area (Å²) in [6.07, 6.45) is 4.19. The maximum atomic E-state index is 13.4. The molecule has 1 aliphatic carbocycles. The van der Waals surface area contributed by atoms with E-state index in [1.54, 1.807) is 6.92 Å². The topological polar surface area (TPSA) is 75.4 Å². The van der Waals surface area contributed by atoms with Gasteiger partial charge in [0.25, 0.3) is 0 Å². The van der Waals surface area contributed by atoms with E-state index in [1.807, 2.05) is 53.4 Å². The second kappa shape index (κ2) is 11.0. The summed E-state index contributed by atoms with van der Waals surface area (Å²) in [5.74, 6) is 1.37. The minimum Gasteiger partial charge on any atom is -0.358 e. The summed E-state index contributed by atoms with van der Waals surface area (Å²) >= 11 is 6.18. The lowest BCUT2D eigenvalue weighted by atomic mass is 9.98. The van der Waals surface area contributed by atoms with Crippen LogP contribution in [0, 0.1) is 18.8 Å². The SMILES string of the molecule is Cc1onc(NS(=O)c2ccccc2-c2ccc(N(C(=O)C3CCCC3)C(C)C(C)C)cc2)c1Cl. The first-order chi connectivity index (χ1) is 16.8. The Hall–Kier alpha value is -2.64. The minimum absolute atomic E-state index is 0.0913. The molecule has 3 aromatic rings. The molecule has 1 fully saturated rings. The van der Waals surface area contributed by atoms with Crippen molar-refractivity contribution in [2.45, 2.75) is 64.3 Å². The van der Waals surface area contributed by atoms with Crippen molar-refractivity contribution < 1.29 is 13.5 Å². The van der Waals surface area contributed by atoms with Crippen molar-refractivity contribution >= 4 is 40.0 Å². The minimum atomic E-state index is -1.60. The molecule has 4 rings (SSSR count). The number of hydrogen-bond acceptors (Lipinski definition) is 4. The summed E-state index contributed by atoms with van der Waals surface area (Å²) in [5.41, 5.74) is 2.63. The van der Waals surface area contributed by atoms with Crippen LogP contribution in [0.4, 0.5) is 11.5 Å². The van der Waals surface area contributed by atoms with Crippen molar-refractivity contribution in [2.75, 3.05) is 9.62 Å². The van der Waals surface area contributed by atoms with Crippen LogP contribution in [0.1, 0.15) is 52.2 Å². The van der Waals surface area contributed by atoms with Gasteiger partial charge in [-0.25, -0.2) is 4.21 Å². The molecule has 2 unspecified atom stereocenters. The number of nitrogens with zero attached hydrogens (tertiary/aromatic N) is 2. The average molecular weight is 514 g/mol. The number of carbonyl (C=O) groups is 1. The molecule has 1 amide bonds. The largest absolute Gasteiger partial charge is 0.358 e. The number of hydrogen-bond donors (Lipinski definition) is 1. The molecule has 1 aliphatic rings. The van der Waals surface area contributed by atoms with Crippen LogP contribution in [0.3, 0.4) is 0 Å². The third-order valence-electron chi connectivity index (χ3n) is 6.84. The lowest BCUT2D eigenvalue weighted by Crippen LogP contribution is -2.44. The quantitative estimate of drug-likeness (QED) is 0.351. The predicted octanol–water partition coefficient (Wildman–Crippen LogP) is 7.01. The Morgan fingerprint density at radius 1 is 1.11 bits per heavy atom. The lowest BCUT2D eigenvalue weighted by molar-refractivity contribution is -0.122. The number of aryl methyl sites for hydroxylation is 1. The highest BCUT2D eigenvalue weighted by molar-refractivity contribution is 7.86. The summed E-state index contributed by atoms with van der Waals surface area (Å²) in [7, 11) is -1.60. The van der Waals surface area contributed by atoms with E-state index in [0.29, 0.717) is 21.6 Å². The van der Waals surface area contributed by atoms with E-state index in [0.717, 1.165) is 42.5 Å². The molecule has 1 N–H and O–H groups in total. The van der Waals surface area contributed by atoms with E-state index in [2.05, 4.69) is 30.6 Å². The Balaban J connectivity index is 1.62. The third kappa shape index (κ3) is 5.46. The Kier molecular flexibility index (Phi) is 7.97. The molecule has 0 spiro atoms. The van der Waals surface area contributed by atoms with Crippen LogP contribution in [0.2, 0.25) is 5.02 Å². The summed E-state index contributed by atoms with van der Waals surface area (Å²) < 4.78 is 21.1. The van der Waals surface area contributed by atoms with E-state index >= 15 is 0 Å². The second-order valence-corrected chi connectivity index (χ2v) is 11.0. The molecular formula is C27H32ClN3O3S. The van der Waals surface area contributed by atoms with E-state index in [1.165, 1.54) is 0 Å². The number of benzene rings is 2. The fourth-order valence-electron chi connectivity index (χ4n) is 4.47. The van der Waals surface area contributed by atoms with Gasteiger partial charge in [0, 0.05) is 17.6 Å². The maximum absolute atomic E-state index is 13.4. The number of rotatable bonds is 8. The number of anilines is 2. The average Bonchev–Trinajstić information content (AvgIpc) is 3.51. The third-order valence-corrected chi connectivity index (χ3v) is 8.42. The molecule has 1 saturated carbocycles. The van der Waals surface area contributed by atoms with Crippen molar-refractivity contribution in [3.63, 3.8) is 0 Å². The molecule has 1 heterocycles. The zero-order valence-corrected chi connectivity index (χ0v) is 22.2. The monoisotopic (exact) mass is 513 g/mol. The Bertz CT molecular complexity index is 1200. The van der Waals surface area contributed by atoms with Gasteiger partial charge in [-0.05, 0) is 61.9 Å². The molecule has 0 radical (unpaired) electrons. The van der Waals surface area contributed by atoms with Gasteiger partial charge < -0.3 is 9.42 Å². The van der Waals surface area contributed by atoms with E-state index in [-0.39, 0.29) is 23.7 Å². The van der Waals surface area contributed by atoms with Gasteiger partial charge in [-0.1, -0.05) is 73.8 Å². The summed E-state index contributed by atoms with van der Waals surface area (Å²) in [5, 5.41) is 4.16. The van der Waals surface area contributed by atoms with Crippen molar-refractivity contribution in [1.82, 2.24) is 5.16 Å². The highest BCUT2D eigenvalue weighted by atomic mass is 35.5. The van der Waals surface area contributed by atoms with Crippen LogP contribution in [-0.2, 0) is 15.8 Å². The number of aromatic nitrogens is 1. The van der Waals surface area contributed by atoms with Gasteiger partial charge in [0.2, 0.25) is 11.7 Å². The molecule has 1 aromatic heterocycles. The molecule has 0 saturated heterocycles. The van der Waals surface area contributed by atoms with Crippen LogP contribution in [0.15, 0.2) is 57.9 Å². The van der Waals surface area contributed by atoms with Crippen LogP contribution in [0.5, 0.6) is 0 Å². The smallest absolute Gasteiger partial charge is 0.230 e. The van der Waals surface area contributed by atoms with E-state index < -0.39 is 11.0 Å². The van der Waals surface area contributed by atoms with Gasteiger partial charge in [-0.15, -0.1) is 0 Å². The van der Waals surface area contributed by atoms with Gasteiger partial charge in [0.1, 0.15) is 5.02 Å². The van der Waals surface area contributed by atoms with Crippen LogP contribution >= 0.6 is 11.6 Å². The highest BCUT2D eigenvalue weighted by Crippen LogP contribution is 2.34. The summed E-state index contributed by atoms with van der Waals surface area (Å²) in [4.78, 5) is 16.0. The molecule has 0 aliphatic heterocycles. The Morgan fingerprint density at radius 3 is 2.37 bits per heavy atom. The van der Waals surface area contributed by atoms with Crippen molar-refractivity contribution in [3.8, 4) is 11.1 Å². The molecule has 0 bridgehead atoms. The van der Waals surface area contributed by atoms with E-state index in [4.69, 9.17) is 16.1 Å². The first kappa shape index (κ1) is 25.5. The standard InChI is InChI=1S/C27H32ClN3O3S/c1-17(2)18(3)31(27(32)21-9-5-6-10-21)22-15-13-20(14-16-22)23-11-7-8-12-24(23)35(33)30-26-25(28)19(4)34-29-26/h7-8,11-18,21H,5-6,9-10H2,1-4H3,(H,29,30). The van der Waals surface area contributed by atoms with Gasteiger partial charge >= 0.3 is 0 Å². The fraction of sp³-hybridized carbons (Fsp3) is 0.407. The van der Waals surface area contributed by atoms with Crippen molar-refractivity contribution in [1.29, 1.82) is 0 Å². The Labute approximate surface area is 214 Å². The molecule has 2 atom stereocenters. The van der Waals surface area contributed by atoms with Crippen molar-refractivity contribution in [3.05, 3.63) is 59.3 Å². The predicted molar refractivity (Wildman–Crippen MR) is 142 cm³/mol. The molecule has 2 aromatic carbocycles. The molecular weight excluding hydrogens is 482 g/mol. The van der Waals surface area contributed by atoms with Crippen molar-refractivity contribution in [2.24, 2.45) is 11.8 Å². The van der Waals surface area contributed by atoms with Crippen LogP contribution in [-0.4, -0.2) is 21.3 Å². The zero-order chi connectivity index (χ0) is 25.1. The van der Waals surface area contributed by atoms with Gasteiger partial charge in [0.15, 0.2) is 16.7 Å². The number of halogens is 1. The van der Waals surface area contributed by atoms with Gasteiger partial charge in [0.05, 0.1) is 4.90 Å². The zero-order valence-electron chi connectivity index (χ0n) is 20.6. The van der Waals surface area contributed by atoms with Crippen LogP contribution in [0.25, 0.3) is 11.1 Å². The first-order valence-electron chi connectivity index (χ1n) is 12.1. The van der Waals surface area contributed by atoms with Gasteiger partial charge in [-0.2, -0.15) is 0 Å². The molecule has 8 heteroatoms. The first-order valence-corrected chi connectivity index (χ1v) is 13.6. The number of amides is 1. The Morgan fingerprint density at radius 2 is 1.77 bits per heavy atom. The second-order valence-electron chi connectivity index (χ2n) is 9.49. The summed E-state index contributed by atoms with van der Waals surface area (Å²) in [6, 6.07) is 15.5. The normalized spacial score (nSPS) is 15.8. The highest BCUT2D eigenvalue weighted by Gasteiger charge is 2.32. The fourth-order valence-corrected chi connectivity index (χ4v) is 5.65. The molecule has 6 nitrogen and oxygen atoms in total. The molecule has 186 valence electrons. The molecule has 35 heavy (non-hydrogen) atoms.